The molecule has 1 saturated carbocycles. The zero-order valence-corrected chi connectivity index (χ0v) is 18.6. The van der Waals surface area contributed by atoms with Crippen LogP contribution in [0.5, 0.6) is 0 Å². The molecule has 33 heavy (non-hydrogen) atoms. The normalized spacial score (nSPS) is 22.4. The summed E-state index contributed by atoms with van der Waals surface area (Å²) in [6, 6.07) is 9.00. The van der Waals surface area contributed by atoms with E-state index in [1.54, 1.807) is 10.6 Å². The van der Waals surface area contributed by atoms with Crippen LogP contribution in [0.25, 0.3) is 0 Å². The monoisotopic (exact) mass is 452 g/mol. The van der Waals surface area contributed by atoms with E-state index in [4.69, 9.17) is 0 Å². The van der Waals surface area contributed by atoms with Gasteiger partial charge in [-0.15, -0.1) is 0 Å². The highest BCUT2D eigenvalue weighted by Gasteiger charge is 2.37. The number of urea groups is 1. The molecule has 2 aliphatic heterocycles. The molecule has 7 nitrogen and oxygen atoms in total. The van der Waals surface area contributed by atoms with Gasteiger partial charge in [0.05, 0.1) is 0 Å². The standard InChI is InChI=1S/C25H29FN4O3/c26-19-8-6-17(7-9-19)23(31)28-21-10-11-22-18-12-16(14-30(22)24(21)32)13-29(15-18)25(33)27-20-4-2-1-3-5-20/h6-11,16,18,20H,1-5,12-15H2,(H,27,33)(H,28,31)/t16-,18+/m0/s1. The van der Waals surface area contributed by atoms with Crippen LogP contribution in [-0.2, 0) is 6.54 Å². The number of halogens is 1. The molecule has 1 aromatic heterocycles. The van der Waals surface area contributed by atoms with Gasteiger partial charge in [0, 0.05) is 42.9 Å². The fraction of sp³-hybridized carbons (Fsp3) is 0.480. The molecule has 2 fully saturated rings. The number of rotatable bonds is 3. The molecule has 8 heteroatoms. The number of nitrogens with one attached hydrogen (secondary N) is 2. The number of likely N-dealkylation sites (tertiary alicyclic amines) is 1. The molecule has 2 aromatic rings. The quantitative estimate of drug-likeness (QED) is 0.745. The Morgan fingerprint density at radius 1 is 0.939 bits per heavy atom. The number of carbonyl (C=O) groups is 2. The molecule has 3 amide bonds. The maximum absolute atomic E-state index is 13.1. The third kappa shape index (κ3) is 4.51. The lowest BCUT2D eigenvalue weighted by atomic mass is 9.83. The Bertz CT molecular complexity index is 1110. The predicted molar refractivity (Wildman–Crippen MR) is 123 cm³/mol. The molecule has 3 aliphatic rings. The van der Waals surface area contributed by atoms with Crippen LogP contribution in [0.3, 0.4) is 0 Å². The van der Waals surface area contributed by atoms with Gasteiger partial charge in [-0.1, -0.05) is 19.3 Å². The molecule has 3 heterocycles. The molecule has 1 aliphatic carbocycles. The van der Waals surface area contributed by atoms with Crippen LogP contribution in [-0.4, -0.2) is 40.5 Å². The lowest BCUT2D eigenvalue weighted by Gasteiger charge is -2.43. The molecule has 0 radical (unpaired) electrons. The van der Waals surface area contributed by atoms with Gasteiger partial charge in [-0.25, -0.2) is 9.18 Å². The maximum Gasteiger partial charge on any atom is 0.317 e. The molecule has 2 bridgehead atoms. The van der Waals surface area contributed by atoms with Crippen LogP contribution in [0.2, 0.25) is 0 Å². The van der Waals surface area contributed by atoms with E-state index in [0.717, 1.165) is 25.0 Å². The number of piperidine rings is 1. The van der Waals surface area contributed by atoms with Crippen molar-refractivity contribution in [1.82, 2.24) is 14.8 Å². The molecule has 174 valence electrons. The summed E-state index contributed by atoms with van der Waals surface area (Å²) >= 11 is 0. The number of pyridine rings is 1. The van der Waals surface area contributed by atoms with Crippen molar-refractivity contribution in [2.75, 3.05) is 18.4 Å². The Labute approximate surface area is 192 Å². The zero-order valence-electron chi connectivity index (χ0n) is 18.6. The van der Waals surface area contributed by atoms with Crippen molar-refractivity contribution >= 4 is 17.6 Å². The SMILES string of the molecule is O=C(Nc1ccc2n(c1=O)C[C@H]1C[C@@H]2CN(C(=O)NC2CCCCC2)C1)c1ccc(F)cc1. The Kier molecular flexibility index (Phi) is 5.91. The summed E-state index contributed by atoms with van der Waals surface area (Å²) in [6.45, 7) is 1.75. The first-order valence-electron chi connectivity index (χ1n) is 11.8. The minimum absolute atomic E-state index is 0.00979. The first-order chi connectivity index (χ1) is 16.0. The van der Waals surface area contributed by atoms with Crippen molar-refractivity contribution < 1.29 is 14.0 Å². The van der Waals surface area contributed by atoms with Crippen LogP contribution in [0.15, 0.2) is 41.2 Å². The van der Waals surface area contributed by atoms with Gasteiger partial charge in [0.2, 0.25) is 0 Å². The molecule has 2 N–H and O–H groups in total. The molecule has 2 atom stereocenters. The fourth-order valence-corrected chi connectivity index (χ4v) is 5.52. The average Bonchev–Trinajstić information content (AvgIpc) is 2.82. The van der Waals surface area contributed by atoms with Crippen molar-refractivity contribution in [2.45, 2.75) is 57.0 Å². The maximum atomic E-state index is 13.1. The van der Waals surface area contributed by atoms with Gasteiger partial charge in [0.25, 0.3) is 11.5 Å². The molecule has 1 aromatic carbocycles. The fourth-order valence-electron chi connectivity index (χ4n) is 5.52. The average molecular weight is 453 g/mol. The summed E-state index contributed by atoms with van der Waals surface area (Å²) in [6.07, 6.45) is 6.65. The van der Waals surface area contributed by atoms with E-state index < -0.39 is 11.7 Å². The van der Waals surface area contributed by atoms with Crippen molar-refractivity contribution in [2.24, 2.45) is 5.92 Å². The van der Waals surface area contributed by atoms with Gasteiger partial charge < -0.3 is 20.1 Å². The van der Waals surface area contributed by atoms with E-state index >= 15 is 0 Å². The first kappa shape index (κ1) is 21.7. The number of hydrogen-bond acceptors (Lipinski definition) is 3. The summed E-state index contributed by atoms with van der Waals surface area (Å²) in [5.41, 5.74) is 1.17. The minimum atomic E-state index is -0.450. The van der Waals surface area contributed by atoms with Crippen LogP contribution in [0.4, 0.5) is 14.9 Å². The van der Waals surface area contributed by atoms with Crippen molar-refractivity contribution in [3.05, 3.63) is 63.8 Å². The van der Waals surface area contributed by atoms with E-state index in [9.17, 15) is 18.8 Å². The lowest BCUT2D eigenvalue weighted by Crippen LogP contribution is -2.53. The van der Waals surface area contributed by atoms with Crippen LogP contribution >= 0.6 is 0 Å². The summed E-state index contributed by atoms with van der Waals surface area (Å²) in [5.74, 6) is -0.569. The van der Waals surface area contributed by atoms with Gasteiger partial charge in [-0.2, -0.15) is 0 Å². The number of nitrogens with zero attached hydrogens (tertiary/aromatic N) is 2. The van der Waals surface area contributed by atoms with E-state index in [0.29, 0.717) is 19.6 Å². The van der Waals surface area contributed by atoms with Gasteiger partial charge in [-0.3, -0.25) is 9.59 Å². The number of aromatic nitrogens is 1. The predicted octanol–water partition coefficient (Wildman–Crippen LogP) is 3.70. The molecule has 5 rings (SSSR count). The van der Waals surface area contributed by atoms with Gasteiger partial charge in [-0.05, 0) is 61.6 Å². The minimum Gasteiger partial charge on any atom is -0.335 e. The van der Waals surface area contributed by atoms with Crippen molar-refractivity contribution in [3.63, 3.8) is 0 Å². The van der Waals surface area contributed by atoms with Crippen LogP contribution in [0.1, 0.15) is 60.5 Å². The van der Waals surface area contributed by atoms with Crippen LogP contribution in [0, 0.1) is 11.7 Å². The number of anilines is 1. The molecule has 0 unspecified atom stereocenters. The van der Waals surface area contributed by atoms with Crippen molar-refractivity contribution in [3.8, 4) is 0 Å². The number of carbonyl (C=O) groups excluding carboxylic acids is 2. The van der Waals surface area contributed by atoms with Gasteiger partial charge >= 0.3 is 6.03 Å². The molecular weight excluding hydrogens is 423 g/mol. The summed E-state index contributed by atoms with van der Waals surface area (Å²) < 4.78 is 14.9. The number of benzene rings is 1. The van der Waals surface area contributed by atoms with Gasteiger partial charge in [0.1, 0.15) is 11.5 Å². The second-order valence-electron chi connectivity index (χ2n) is 9.54. The highest BCUT2D eigenvalue weighted by molar-refractivity contribution is 6.04. The Balaban J connectivity index is 1.30. The van der Waals surface area contributed by atoms with Crippen LogP contribution < -0.4 is 16.2 Å². The molecular formula is C25H29FN4O3. The van der Waals surface area contributed by atoms with Gasteiger partial charge in [0.15, 0.2) is 0 Å². The van der Waals surface area contributed by atoms with E-state index in [2.05, 4.69) is 10.6 Å². The smallest absolute Gasteiger partial charge is 0.317 e. The van der Waals surface area contributed by atoms with E-state index in [1.165, 1.54) is 43.5 Å². The van der Waals surface area contributed by atoms with E-state index in [-0.39, 0.29) is 40.7 Å². The first-order valence-corrected chi connectivity index (χ1v) is 11.8. The summed E-state index contributed by atoms with van der Waals surface area (Å²) in [4.78, 5) is 40.4. The number of hydrogen-bond donors (Lipinski definition) is 2. The summed E-state index contributed by atoms with van der Waals surface area (Å²) in [7, 11) is 0. The third-order valence-electron chi connectivity index (χ3n) is 7.18. The third-order valence-corrected chi connectivity index (χ3v) is 7.18. The second kappa shape index (κ2) is 9.00. The molecule has 0 spiro atoms. The molecule has 1 saturated heterocycles. The zero-order chi connectivity index (χ0) is 22.9. The topological polar surface area (TPSA) is 83.4 Å². The Morgan fingerprint density at radius 2 is 1.70 bits per heavy atom. The Morgan fingerprint density at radius 3 is 2.45 bits per heavy atom. The highest BCUT2D eigenvalue weighted by Crippen LogP contribution is 2.35. The largest absolute Gasteiger partial charge is 0.335 e. The Hall–Kier alpha value is -3.16. The lowest BCUT2D eigenvalue weighted by molar-refractivity contribution is 0.102. The highest BCUT2D eigenvalue weighted by atomic mass is 19.1. The summed E-state index contributed by atoms with van der Waals surface area (Å²) in [5, 5.41) is 5.88. The second-order valence-corrected chi connectivity index (χ2v) is 9.54. The van der Waals surface area contributed by atoms with E-state index in [1.807, 2.05) is 11.0 Å². The number of amides is 3. The number of fused-ring (bicyclic) bond motifs is 4. The van der Waals surface area contributed by atoms with Crippen molar-refractivity contribution in [1.29, 1.82) is 0 Å².